The number of aromatic hydroxyl groups is 1. The number of hydrogen-bond donors (Lipinski definition) is 1. The zero-order chi connectivity index (χ0) is 18.5. The van der Waals surface area contributed by atoms with Gasteiger partial charge in [-0.2, -0.15) is 0 Å². The van der Waals surface area contributed by atoms with Crippen LogP contribution in [0, 0.1) is 0 Å². The molecule has 1 aromatic carbocycles. The first kappa shape index (κ1) is 23.1. The molecular weight excluding hydrogens is 399 g/mol. The fraction of sp³-hybridized carbons (Fsp3) is 0.667. The molecule has 144 valence electrons. The number of halogens is 2. The van der Waals surface area contributed by atoms with Crippen molar-refractivity contribution in [2.24, 2.45) is 0 Å². The first-order chi connectivity index (χ1) is 12.1. The van der Waals surface area contributed by atoms with Crippen LogP contribution in [0.15, 0.2) is 12.1 Å². The van der Waals surface area contributed by atoms with Crippen molar-refractivity contribution >= 4 is 46.7 Å². The summed E-state index contributed by atoms with van der Waals surface area (Å²) in [6.45, 7) is 6.47. The van der Waals surface area contributed by atoms with E-state index in [1.165, 1.54) is 36.5 Å². The highest BCUT2D eigenvalue weighted by Gasteiger charge is 2.10. The molecule has 1 aromatic rings. The molecule has 1 rings (SSSR count). The number of hydrogen-bond acceptors (Lipinski definition) is 5. The normalized spacial score (nSPS) is 11.2. The van der Waals surface area contributed by atoms with Crippen LogP contribution >= 0.6 is 46.7 Å². The Morgan fingerprint density at radius 1 is 1.00 bits per heavy atom. The second kappa shape index (κ2) is 14.2. The summed E-state index contributed by atoms with van der Waals surface area (Å²) in [5.41, 5.74) is 0. The second-order valence-electron chi connectivity index (χ2n) is 5.54. The molecule has 25 heavy (non-hydrogen) atoms. The van der Waals surface area contributed by atoms with Gasteiger partial charge in [-0.3, -0.25) is 0 Å². The average Bonchev–Trinajstić information content (AvgIpc) is 2.57. The van der Waals surface area contributed by atoms with Crippen molar-refractivity contribution in [3.63, 3.8) is 0 Å². The van der Waals surface area contributed by atoms with Gasteiger partial charge >= 0.3 is 0 Å². The highest BCUT2D eigenvalue weighted by Crippen LogP contribution is 2.36. The van der Waals surface area contributed by atoms with E-state index in [9.17, 15) is 5.11 Å². The summed E-state index contributed by atoms with van der Waals surface area (Å²) in [5, 5.41) is 10.0. The van der Waals surface area contributed by atoms with Crippen LogP contribution in [0.4, 0.5) is 0 Å². The number of ether oxygens (including phenoxy) is 2. The minimum Gasteiger partial charge on any atom is -0.508 e. The zero-order valence-electron chi connectivity index (χ0n) is 14.9. The maximum Gasteiger partial charge on any atom is 0.156 e. The molecule has 3 nitrogen and oxygen atoms in total. The number of unbranched alkanes of at least 4 members (excludes halogenated alkanes) is 1. The predicted octanol–water partition coefficient (Wildman–Crippen LogP) is 6.49. The van der Waals surface area contributed by atoms with Gasteiger partial charge in [-0.05, 0) is 37.2 Å². The first-order valence-electron chi connectivity index (χ1n) is 8.70. The van der Waals surface area contributed by atoms with E-state index in [2.05, 4.69) is 13.8 Å². The predicted molar refractivity (Wildman–Crippen MR) is 113 cm³/mol. The van der Waals surface area contributed by atoms with Crippen LogP contribution in [0.3, 0.4) is 0 Å². The van der Waals surface area contributed by atoms with E-state index < -0.39 is 0 Å². The number of thioether (sulfide) groups is 2. The van der Waals surface area contributed by atoms with Gasteiger partial charge in [0.15, 0.2) is 5.75 Å². The van der Waals surface area contributed by atoms with Crippen LogP contribution in [0.5, 0.6) is 11.5 Å². The van der Waals surface area contributed by atoms with Gasteiger partial charge in [-0.25, -0.2) is 0 Å². The third-order valence-corrected chi connectivity index (χ3v) is 6.86. The minimum absolute atomic E-state index is 0.0344. The molecule has 0 aliphatic rings. The molecule has 0 atom stereocenters. The van der Waals surface area contributed by atoms with E-state index >= 15 is 0 Å². The molecule has 0 unspecified atom stereocenters. The van der Waals surface area contributed by atoms with Gasteiger partial charge in [-0.1, -0.05) is 37.0 Å². The molecule has 0 saturated carbocycles. The largest absolute Gasteiger partial charge is 0.508 e. The summed E-state index contributed by atoms with van der Waals surface area (Å²) in [4.78, 5) is 0. The Hall–Kier alpha value is 0.0600. The van der Waals surface area contributed by atoms with Crippen LogP contribution in [-0.2, 0) is 4.74 Å². The van der Waals surface area contributed by atoms with E-state index in [0.29, 0.717) is 27.0 Å². The van der Waals surface area contributed by atoms with E-state index in [0.717, 1.165) is 26.1 Å². The molecule has 1 N–H and O–H groups in total. The number of phenolic OH excluding ortho intramolecular Hbond substituents is 1. The Morgan fingerprint density at radius 2 is 1.56 bits per heavy atom. The molecule has 7 heteroatoms. The SMILES string of the molecule is CCCSC(COCCCCOc1c(Cl)cc(O)cc1Cl)SCCC. The third kappa shape index (κ3) is 10.1. The lowest BCUT2D eigenvalue weighted by molar-refractivity contribution is 0.137. The monoisotopic (exact) mass is 426 g/mol. The van der Waals surface area contributed by atoms with Gasteiger partial charge in [0.1, 0.15) is 5.75 Å². The fourth-order valence-electron chi connectivity index (χ4n) is 1.99. The van der Waals surface area contributed by atoms with E-state index in [-0.39, 0.29) is 5.75 Å². The maximum atomic E-state index is 9.40. The summed E-state index contributed by atoms with van der Waals surface area (Å²) < 4.78 is 12.0. The highest BCUT2D eigenvalue weighted by atomic mass is 35.5. The van der Waals surface area contributed by atoms with Crippen molar-refractivity contribution in [3.8, 4) is 11.5 Å². The van der Waals surface area contributed by atoms with E-state index in [1.807, 2.05) is 23.5 Å². The van der Waals surface area contributed by atoms with Gasteiger partial charge < -0.3 is 14.6 Å². The fourth-order valence-corrected chi connectivity index (χ4v) is 4.92. The average molecular weight is 427 g/mol. The summed E-state index contributed by atoms with van der Waals surface area (Å²) in [6.07, 6.45) is 4.19. The number of rotatable bonds is 14. The molecule has 0 heterocycles. The van der Waals surface area contributed by atoms with Gasteiger partial charge in [0, 0.05) is 18.7 Å². The van der Waals surface area contributed by atoms with Gasteiger partial charge in [0.05, 0.1) is 27.8 Å². The lowest BCUT2D eigenvalue weighted by Crippen LogP contribution is -2.11. The second-order valence-corrected chi connectivity index (χ2v) is 9.27. The Bertz CT molecular complexity index is 458. The smallest absolute Gasteiger partial charge is 0.156 e. The molecule has 0 aromatic heterocycles. The molecule has 0 saturated heterocycles. The molecule has 0 spiro atoms. The first-order valence-corrected chi connectivity index (χ1v) is 11.6. The molecular formula is C18H28Cl2O3S2. The quantitative estimate of drug-likeness (QED) is 0.271. The highest BCUT2D eigenvalue weighted by molar-refractivity contribution is 8.17. The van der Waals surface area contributed by atoms with Crippen LogP contribution in [0.1, 0.15) is 39.5 Å². The standard InChI is InChI=1S/C18H28Cl2O3S2/c1-3-9-24-17(25-10-4-2)13-22-7-5-6-8-23-18-15(19)11-14(21)12-16(18)20/h11-12,17,21H,3-10,13H2,1-2H3. The van der Waals surface area contributed by atoms with Crippen molar-refractivity contribution in [1.82, 2.24) is 0 Å². The van der Waals surface area contributed by atoms with E-state index in [4.69, 9.17) is 32.7 Å². The molecule has 0 amide bonds. The zero-order valence-corrected chi connectivity index (χ0v) is 18.1. The maximum absolute atomic E-state index is 9.40. The van der Waals surface area contributed by atoms with Crippen molar-refractivity contribution < 1.29 is 14.6 Å². The van der Waals surface area contributed by atoms with Gasteiger partial charge in [-0.15, -0.1) is 23.5 Å². The van der Waals surface area contributed by atoms with Crippen molar-refractivity contribution in [2.75, 3.05) is 31.3 Å². The van der Waals surface area contributed by atoms with Gasteiger partial charge in [0.2, 0.25) is 0 Å². The van der Waals surface area contributed by atoms with Crippen LogP contribution in [-0.4, -0.2) is 41.0 Å². The molecule has 0 fully saturated rings. The number of benzene rings is 1. The number of phenols is 1. The van der Waals surface area contributed by atoms with Crippen LogP contribution in [0.2, 0.25) is 10.0 Å². The van der Waals surface area contributed by atoms with Crippen LogP contribution in [0.25, 0.3) is 0 Å². The Morgan fingerprint density at radius 3 is 2.12 bits per heavy atom. The Kier molecular flexibility index (Phi) is 13.1. The van der Waals surface area contributed by atoms with Crippen LogP contribution < -0.4 is 4.74 Å². The van der Waals surface area contributed by atoms with Crippen molar-refractivity contribution in [1.29, 1.82) is 0 Å². The summed E-state index contributed by atoms with van der Waals surface area (Å²) in [6, 6.07) is 2.85. The summed E-state index contributed by atoms with van der Waals surface area (Å²) in [5.74, 6) is 2.83. The summed E-state index contributed by atoms with van der Waals surface area (Å²) in [7, 11) is 0. The molecule has 0 aliphatic heterocycles. The molecule has 0 aliphatic carbocycles. The minimum atomic E-state index is 0.0344. The molecule has 0 radical (unpaired) electrons. The molecule has 0 bridgehead atoms. The van der Waals surface area contributed by atoms with Crippen molar-refractivity contribution in [3.05, 3.63) is 22.2 Å². The third-order valence-electron chi connectivity index (χ3n) is 3.18. The van der Waals surface area contributed by atoms with E-state index in [1.54, 1.807) is 0 Å². The lowest BCUT2D eigenvalue weighted by atomic mass is 10.3. The summed E-state index contributed by atoms with van der Waals surface area (Å²) >= 11 is 16.0. The lowest BCUT2D eigenvalue weighted by Gasteiger charge is -2.16. The van der Waals surface area contributed by atoms with Crippen molar-refractivity contribution in [2.45, 2.75) is 44.1 Å². The Labute approximate surface area is 170 Å². The Balaban J connectivity index is 2.17. The topological polar surface area (TPSA) is 38.7 Å². The van der Waals surface area contributed by atoms with Gasteiger partial charge in [0.25, 0.3) is 0 Å².